The van der Waals surface area contributed by atoms with Crippen LogP contribution >= 0.6 is 0 Å². The summed E-state index contributed by atoms with van der Waals surface area (Å²) in [4.78, 5) is 13.2. The molecular formula is C11H23NO3. The lowest BCUT2D eigenvalue weighted by molar-refractivity contribution is -0.140. The fourth-order valence-corrected chi connectivity index (χ4v) is 1.31. The van der Waals surface area contributed by atoms with Gasteiger partial charge in [-0.15, -0.1) is 0 Å². The second-order valence-electron chi connectivity index (χ2n) is 3.31. The topological polar surface area (TPSA) is 38.8 Å². The standard InChI is InChI=1S/C11H23NO3/c1-4-12(8-6-10-15-5-2)9-7-11(13)14-3/h4-10H2,1-3H3. The monoisotopic (exact) mass is 217 g/mol. The Kier molecular flexibility index (Phi) is 9.52. The Morgan fingerprint density at radius 3 is 2.53 bits per heavy atom. The summed E-state index contributed by atoms with van der Waals surface area (Å²) in [6.07, 6.45) is 1.49. The van der Waals surface area contributed by atoms with E-state index in [1.807, 2.05) is 6.92 Å². The summed E-state index contributed by atoms with van der Waals surface area (Å²) in [6, 6.07) is 0. The first-order valence-corrected chi connectivity index (χ1v) is 5.61. The van der Waals surface area contributed by atoms with Gasteiger partial charge in [0.05, 0.1) is 13.5 Å². The molecule has 0 aromatic carbocycles. The van der Waals surface area contributed by atoms with Gasteiger partial charge in [-0.05, 0) is 19.9 Å². The molecule has 0 saturated heterocycles. The molecule has 90 valence electrons. The fraction of sp³-hybridized carbons (Fsp3) is 0.909. The van der Waals surface area contributed by atoms with Crippen LogP contribution in [0.1, 0.15) is 26.7 Å². The molecular weight excluding hydrogens is 194 g/mol. The molecule has 0 amide bonds. The maximum Gasteiger partial charge on any atom is 0.306 e. The van der Waals surface area contributed by atoms with E-state index in [1.54, 1.807) is 0 Å². The Balaban J connectivity index is 3.50. The zero-order chi connectivity index (χ0) is 11.5. The number of hydrogen-bond acceptors (Lipinski definition) is 4. The summed E-state index contributed by atoms with van der Waals surface area (Å²) >= 11 is 0. The van der Waals surface area contributed by atoms with Crippen molar-refractivity contribution >= 4 is 5.97 Å². The number of hydrogen-bond donors (Lipinski definition) is 0. The molecule has 0 bridgehead atoms. The summed E-state index contributed by atoms with van der Waals surface area (Å²) < 4.78 is 9.85. The van der Waals surface area contributed by atoms with Gasteiger partial charge in [0, 0.05) is 26.3 Å². The smallest absolute Gasteiger partial charge is 0.306 e. The molecule has 0 unspecified atom stereocenters. The maximum absolute atomic E-state index is 10.9. The third kappa shape index (κ3) is 8.39. The van der Waals surface area contributed by atoms with Crippen LogP contribution in [0.5, 0.6) is 0 Å². The third-order valence-electron chi connectivity index (χ3n) is 2.27. The predicted molar refractivity (Wildman–Crippen MR) is 59.9 cm³/mol. The molecule has 0 spiro atoms. The average molecular weight is 217 g/mol. The molecule has 0 radical (unpaired) electrons. The van der Waals surface area contributed by atoms with E-state index in [0.29, 0.717) is 6.42 Å². The average Bonchev–Trinajstić information content (AvgIpc) is 2.27. The highest BCUT2D eigenvalue weighted by Gasteiger charge is 2.05. The van der Waals surface area contributed by atoms with Crippen LogP contribution in [0, 0.1) is 0 Å². The second-order valence-corrected chi connectivity index (χ2v) is 3.31. The zero-order valence-electron chi connectivity index (χ0n) is 10.1. The highest BCUT2D eigenvalue weighted by atomic mass is 16.5. The summed E-state index contributed by atoms with van der Waals surface area (Å²) in [5.41, 5.74) is 0. The number of nitrogens with zero attached hydrogens (tertiary/aromatic N) is 1. The number of methoxy groups -OCH3 is 1. The normalized spacial score (nSPS) is 10.7. The molecule has 4 nitrogen and oxygen atoms in total. The van der Waals surface area contributed by atoms with Crippen molar-refractivity contribution in [3.05, 3.63) is 0 Å². The quantitative estimate of drug-likeness (QED) is 0.431. The van der Waals surface area contributed by atoms with Gasteiger partial charge in [-0.2, -0.15) is 0 Å². The first kappa shape index (κ1) is 14.4. The van der Waals surface area contributed by atoms with Crippen LogP contribution in [-0.4, -0.2) is 50.8 Å². The van der Waals surface area contributed by atoms with Crippen LogP contribution in [0.4, 0.5) is 0 Å². The number of esters is 1. The molecule has 0 atom stereocenters. The van der Waals surface area contributed by atoms with Crippen molar-refractivity contribution in [1.29, 1.82) is 0 Å². The molecule has 0 heterocycles. The van der Waals surface area contributed by atoms with E-state index in [0.717, 1.165) is 39.3 Å². The number of rotatable bonds is 9. The van der Waals surface area contributed by atoms with Gasteiger partial charge in [-0.1, -0.05) is 6.92 Å². The Morgan fingerprint density at radius 2 is 2.00 bits per heavy atom. The van der Waals surface area contributed by atoms with Gasteiger partial charge >= 0.3 is 5.97 Å². The molecule has 0 fully saturated rings. The van der Waals surface area contributed by atoms with Gasteiger partial charge in [0.2, 0.25) is 0 Å². The molecule has 4 heteroatoms. The number of carbonyl (C=O) groups excluding carboxylic acids is 1. The summed E-state index contributed by atoms with van der Waals surface area (Å²) in [7, 11) is 1.42. The van der Waals surface area contributed by atoms with Gasteiger partial charge in [0.25, 0.3) is 0 Å². The van der Waals surface area contributed by atoms with Crippen LogP contribution in [0.25, 0.3) is 0 Å². The minimum Gasteiger partial charge on any atom is -0.469 e. The van der Waals surface area contributed by atoms with Crippen LogP contribution in [-0.2, 0) is 14.3 Å². The van der Waals surface area contributed by atoms with Gasteiger partial charge in [0.1, 0.15) is 0 Å². The molecule has 0 saturated carbocycles. The molecule has 0 aliphatic carbocycles. The first-order valence-electron chi connectivity index (χ1n) is 5.61. The fourth-order valence-electron chi connectivity index (χ4n) is 1.31. The molecule has 0 aromatic heterocycles. The Morgan fingerprint density at radius 1 is 1.27 bits per heavy atom. The minimum atomic E-state index is -0.141. The third-order valence-corrected chi connectivity index (χ3v) is 2.27. The molecule has 0 rings (SSSR count). The highest BCUT2D eigenvalue weighted by molar-refractivity contribution is 5.69. The van der Waals surface area contributed by atoms with Crippen molar-refractivity contribution in [2.75, 3.05) is 40.0 Å². The van der Waals surface area contributed by atoms with E-state index >= 15 is 0 Å². The molecule has 0 aromatic rings. The van der Waals surface area contributed by atoms with Crippen molar-refractivity contribution in [1.82, 2.24) is 4.90 Å². The lowest BCUT2D eigenvalue weighted by Gasteiger charge is -2.19. The van der Waals surface area contributed by atoms with E-state index in [9.17, 15) is 4.79 Å². The zero-order valence-corrected chi connectivity index (χ0v) is 10.1. The van der Waals surface area contributed by atoms with Crippen molar-refractivity contribution in [2.45, 2.75) is 26.7 Å². The number of carbonyl (C=O) groups is 1. The Hall–Kier alpha value is -0.610. The molecule has 0 N–H and O–H groups in total. The van der Waals surface area contributed by atoms with E-state index in [1.165, 1.54) is 7.11 Å². The highest BCUT2D eigenvalue weighted by Crippen LogP contribution is 1.95. The molecule has 15 heavy (non-hydrogen) atoms. The number of ether oxygens (including phenoxy) is 2. The second kappa shape index (κ2) is 9.93. The van der Waals surface area contributed by atoms with Gasteiger partial charge in [-0.25, -0.2) is 0 Å². The SMILES string of the molecule is CCOCCCN(CC)CCC(=O)OC. The van der Waals surface area contributed by atoms with Gasteiger partial charge in [-0.3, -0.25) is 4.79 Å². The van der Waals surface area contributed by atoms with Crippen LogP contribution in [0.15, 0.2) is 0 Å². The summed E-state index contributed by atoms with van der Waals surface area (Å²) in [6.45, 7) is 8.37. The van der Waals surface area contributed by atoms with Crippen LogP contribution in [0.3, 0.4) is 0 Å². The van der Waals surface area contributed by atoms with E-state index < -0.39 is 0 Å². The van der Waals surface area contributed by atoms with Crippen LogP contribution in [0.2, 0.25) is 0 Å². The van der Waals surface area contributed by atoms with Crippen molar-refractivity contribution < 1.29 is 14.3 Å². The largest absolute Gasteiger partial charge is 0.469 e. The maximum atomic E-state index is 10.9. The lowest BCUT2D eigenvalue weighted by Crippen LogP contribution is -2.28. The van der Waals surface area contributed by atoms with Crippen molar-refractivity contribution in [2.24, 2.45) is 0 Å². The molecule has 0 aliphatic rings. The van der Waals surface area contributed by atoms with E-state index in [-0.39, 0.29) is 5.97 Å². The predicted octanol–water partition coefficient (Wildman–Crippen LogP) is 1.30. The lowest BCUT2D eigenvalue weighted by atomic mass is 10.3. The summed E-state index contributed by atoms with van der Waals surface area (Å²) in [5, 5.41) is 0. The Bertz CT molecular complexity index is 162. The first-order chi connectivity index (χ1) is 7.24. The van der Waals surface area contributed by atoms with E-state index in [4.69, 9.17) is 4.74 Å². The van der Waals surface area contributed by atoms with Crippen molar-refractivity contribution in [3.63, 3.8) is 0 Å². The van der Waals surface area contributed by atoms with Crippen LogP contribution < -0.4 is 0 Å². The minimum absolute atomic E-state index is 0.141. The van der Waals surface area contributed by atoms with Gasteiger partial charge < -0.3 is 14.4 Å². The van der Waals surface area contributed by atoms with Gasteiger partial charge in [0.15, 0.2) is 0 Å². The molecule has 0 aliphatic heterocycles. The van der Waals surface area contributed by atoms with Crippen molar-refractivity contribution in [3.8, 4) is 0 Å². The summed E-state index contributed by atoms with van der Waals surface area (Å²) in [5.74, 6) is -0.141. The van der Waals surface area contributed by atoms with E-state index in [2.05, 4.69) is 16.6 Å². The Labute approximate surface area is 92.5 Å².